The molecule has 0 aliphatic carbocycles. The van der Waals surface area contributed by atoms with Gasteiger partial charge in [0.25, 0.3) is 11.6 Å². The van der Waals surface area contributed by atoms with E-state index < -0.39 is 34.9 Å². The van der Waals surface area contributed by atoms with Crippen LogP contribution in [0.1, 0.15) is 18.1 Å². The number of benzene rings is 2. The summed E-state index contributed by atoms with van der Waals surface area (Å²) in [6.45, 7) is 2.67. The Hall–Kier alpha value is -3.27. The molecule has 10 heteroatoms. The largest absolute Gasteiger partial charge is 0.325 e. The molecule has 1 aliphatic rings. The maximum absolute atomic E-state index is 12.9. The van der Waals surface area contributed by atoms with Crippen molar-refractivity contribution in [2.24, 2.45) is 0 Å². The van der Waals surface area contributed by atoms with Gasteiger partial charge in [-0.05, 0) is 31.5 Å². The second kappa shape index (κ2) is 7.63. The molecule has 29 heavy (non-hydrogen) atoms. The lowest BCUT2D eigenvalue weighted by Gasteiger charge is -2.23. The van der Waals surface area contributed by atoms with Gasteiger partial charge in [-0.25, -0.2) is 4.79 Å². The van der Waals surface area contributed by atoms with E-state index in [0.29, 0.717) is 15.6 Å². The number of aryl methyl sites for hydroxylation is 1. The number of nitro groups is 1. The highest BCUT2D eigenvalue weighted by molar-refractivity contribution is 9.10. The predicted octanol–water partition coefficient (Wildman–Crippen LogP) is 3.07. The molecule has 0 saturated carbocycles. The Morgan fingerprint density at radius 3 is 2.62 bits per heavy atom. The Kier molecular flexibility index (Phi) is 5.38. The Morgan fingerprint density at radius 1 is 1.28 bits per heavy atom. The van der Waals surface area contributed by atoms with Gasteiger partial charge in [0.15, 0.2) is 0 Å². The number of nitro benzene ring substituents is 1. The monoisotopic (exact) mass is 460 g/mol. The van der Waals surface area contributed by atoms with Crippen LogP contribution in [0.4, 0.5) is 16.2 Å². The van der Waals surface area contributed by atoms with E-state index >= 15 is 0 Å². The van der Waals surface area contributed by atoms with Crippen molar-refractivity contribution in [3.05, 3.63) is 68.2 Å². The van der Waals surface area contributed by atoms with Crippen LogP contribution in [0.25, 0.3) is 0 Å². The first-order valence-electron chi connectivity index (χ1n) is 8.57. The number of nitrogens with one attached hydrogen (secondary N) is 2. The maximum Gasteiger partial charge on any atom is 0.325 e. The topological polar surface area (TPSA) is 122 Å². The van der Waals surface area contributed by atoms with E-state index in [9.17, 15) is 24.5 Å². The van der Waals surface area contributed by atoms with Gasteiger partial charge < -0.3 is 10.6 Å². The van der Waals surface area contributed by atoms with Crippen LogP contribution in [0.5, 0.6) is 0 Å². The van der Waals surface area contributed by atoms with Crippen LogP contribution in [-0.2, 0) is 15.1 Å². The van der Waals surface area contributed by atoms with Gasteiger partial charge in [-0.2, -0.15) is 0 Å². The van der Waals surface area contributed by atoms with Crippen molar-refractivity contribution in [3.8, 4) is 0 Å². The van der Waals surface area contributed by atoms with E-state index in [1.54, 1.807) is 44.2 Å². The highest BCUT2D eigenvalue weighted by Crippen LogP contribution is 2.33. The SMILES string of the molecule is Cc1ccc(NC(=O)CN2C(=O)N[C@@](C)(c3ccccc3Br)C2=O)c([N+](=O)[O-])c1. The van der Waals surface area contributed by atoms with Crippen molar-refractivity contribution in [2.75, 3.05) is 11.9 Å². The first-order chi connectivity index (χ1) is 13.6. The van der Waals surface area contributed by atoms with Gasteiger partial charge in [-0.15, -0.1) is 0 Å². The zero-order valence-electron chi connectivity index (χ0n) is 15.6. The predicted molar refractivity (Wildman–Crippen MR) is 108 cm³/mol. The van der Waals surface area contributed by atoms with E-state index in [-0.39, 0.29) is 11.4 Å². The number of halogens is 1. The van der Waals surface area contributed by atoms with Gasteiger partial charge in [-0.1, -0.05) is 40.2 Å². The fourth-order valence-electron chi connectivity index (χ4n) is 3.12. The quantitative estimate of drug-likeness (QED) is 0.403. The number of rotatable bonds is 5. The van der Waals surface area contributed by atoms with Crippen LogP contribution in [0, 0.1) is 17.0 Å². The molecule has 1 aliphatic heterocycles. The fraction of sp³-hybridized carbons (Fsp3) is 0.211. The third-order valence-electron chi connectivity index (χ3n) is 4.61. The lowest BCUT2D eigenvalue weighted by atomic mass is 9.92. The van der Waals surface area contributed by atoms with Crippen molar-refractivity contribution >= 4 is 45.2 Å². The number of carbonyl (C=O) groups excluding carboxylic acids is 3. The minimum Gasteiger partial charge on any atom is -0.319 e. The summed E-state index contributed by atoms with van der Waals surface area (Å²) in [7, 11) is 0. The molecule has 2 N–H and O–H groups in total. The van der Waals surface area contributed by atoms with E-state index in [2.05, 4.69) is 26.6 Å². The molecule has 3 rings (SSSR count). The van der Waals surface area contributed by atoms with Gasteiger partial charge in [0, 0.05) is 16.1 Å². The number of hydrogen-bond donors (Lipinski definition) is 2. The summed E-state index contributed by atoms with van der Waals surface area (Å²) in [5.41, 5.74) is -0.406. The van der Waals surface area contributed by atoms with Crippen LogP contribution in [-0.4, -0.2) is 34.2 Å². The van der Waals surface area contributed by atoms with Crippen LogP contribution in [0.15, 0.2) is 46.9 Å². The van der Waals surface area contributed by atoms with E-state index in [1.165, 1.54) is 12.1 Å². The van der Waals surface area contributed by atoms with Crippen LogP contribution >= 0.6 is 15.9 Å². The summed E-state index contributed by atoms with van der Waals surface area (Å²) in [5.74, 6) is -1.32. The fourth-order valence-corrected chi connectivity index (χ4v) is 3.80. The van der Waals surface area contributed by atoms with Gasteiger partial charge in [0.2, 0.25) is 5.91 Å². The molecular weight excluding hydrogens is 444 g/mol. The molecule has 9 nitrogen and oxygen atoms in total. The summed E-state index contributed by atoms with van der Waals surface area (Å²) in [4.78, 5) is 49.1. The molecule has 150 valence electrons. The summed E-state index contributed by atoms with van der Waals surface area (Å²) < 4.78 is 0.637. The number of amides is 4. The average Bonchev–Trinajstić information content (AvgIpc) is 2.87. The number of carbonyl (C=O) groups is 3. The number of anilines is 1. The van der Waals surface area contributed by atoms with Crippen LogP contribution in [0.3, 0.4) is 0 Å². The molecule has 0 unspecified atom stereocenters. The van der Waals surface area contributed by atoms with Gasteiger partial charge in [-0.3, -0.25) is 24.6 Å². The summed E-state index contributed by atoms with van der Waals surface area (Å²) >= 11 is 3.37. The van der Waals surface area contributed by atoms with Crippen molar-refractivity contribution in [1.82, 2.24) is 10.2 Å². The number of hydrogen-bond acceptors (Lipinski definition) is 5. The van der Waals surface area contributed by atoms with E-state index in [0.717, 1.165) is 4.90 Å². The van der Waals surface area contributed by atoms with Gasteiger partial charge >= 0.3 is 6.03 Å². The molecule has 4 amide bonds. The lowest BCUT2D eigenvalue weighted by Crippen LogP contribution is -2.42. The molecule has 1 fully saturated rings. The van der Waals surface area contributed by atoms with Crippen molar-refractivity contribution in [2.45, 2.75) is 19.4 Å². The maximum atomic E-state index is 12.9. The van der Waals surface area contributed by atoms with Gasteiger partial charge in [0.05, 0.1) is 4.92 Å². The zero-order chi connectivity index (χ0) is 21.3. The average molecular weight is 461 g/mol. The Balaban J connectivity index is 1.80. The molecule has 1 heterocycles. The minimum absolute atomic E-state index is 0.00813. The van der Waals surface area contributed by atoms with Crippen molar-refractivity contribution in [3.63, 3.8) is 0 Å². The van der Waals surface area contributed by atoms with Crippen molar-refractivity contribution < 1.29 is 19.3 Å². The minimum atomic E-state index is -1.34. The molecule has 1 saturated heterocycles. The third kappa shape index (κ3) is 3.83. The highest BCUT2D eigenvalue weighted by Gasteiger charge is 2.50. The molecule has 2 aromatic carbocycles. The normalized spacial score (nSPS) is 18.5. The Labute approximate surface area is 174 Å². The van der Waals surface area contributed by atoms with Crippen LogP contribution in [0.2, 0.25) is 0 Å². The Morgan fingerprint density at radius 2 is 1.97 bits per heavy atom. The standard InChI is InChI=1S/C19H17BrN4O5/c1-11-7-8-14(15(9-11)24(28)29)21-16(25)10-23-17(26)19(2,22-18(23)27)12-5-3-4-6-13(12)20/h3-9H,10H2,1-2H3,(H,21,25)(H,22,27)/t19-/m0/s1. The molecule has 0 spiro atoms. The number of urea groups is 1. The molecule has 0 radical (unpaired) electrons. The summed E-state index contributed by atoms with van der Waals surface area (Å²) in [6, 6.07) is 10.6. The lowest BCUT2D eigenvalue weighted by molar-refractivity contribution is -0.384. The Bertz CT molecular complexity index is 1040. The van der Waals surface area contributed by atoms with Gasteiger partial charge in [0.1, 0.15) is 17.8 Å². The van der Waals surface area contributed by atoms with E-state index in [4.69, 9.17) is 0 Å². The van der Waals surface area contributed by atoms with Crippen LogP contribution < -0.4 is 10.6 Å². The smallest absolute Gasteiger partial charge is 0.319 e. The van der Waals surface area contributed by atoms with E-state index in [1.807, 2.05) is 0 Å². The first kappa shape index (κ1) is 20.5. The second-order valence-corrected chi connectivity index (χ2v) is 7.61. The summed E-state index contributed by atoms with van der Waals surface area (Å²) in [5, 5.41) is 16.2. The third-order valence-corrected chi connectivity index (χ3v) is 5.30. The van der Waals surface area contributed by atoms with Crippen molar-refractivity contribution in [1.29, 1.82) is 0 Å². The molecule has 0 aromatic heterocycles. The molecule has 0 bridgehead atoms. The number of nitrogens with zero attached hydrogens (tertiary/aromatic N) is 2. The number of imide groups is 1. The first-order valence-corrected chi connectivity index (χ1v) is 9.37. The molecule has 1 atom stereocenters. The molecular formula is C19H17BrN4O5. The highest BCUT2D eigenvalue weighted by atomic mass is 79.9. The molecule has 2 aromatic rings. The summed E-state index contributed by atoms with van der Waals surface area (Å²) in [6.07, 6.45) is 0. The zero-order valence-corrected chi connectivity index (χ0v) is 17.1. The second-order valence-electron chi connectivity index (χ2n) is 6.75.